The lowest BCUT2D eigenvalue weighted by Crippen LogP contribution is -2.60. The summed E-state index contributed by atoms with van der Waals surface area (Å²) in [6, 6.07) is 6.26. The number of aromatic nitrogens is 3. The van der Waals surface area contributed by atoms with Crippen molar-refractivity contribution < 1.29 is 18.7 Å². The van der Waals surface area contributed by atoms with E-state index >= 15 is 0 Å². The normalized spacial score (nSPS) is 16.3. The van der Waals surface area contributed by atoms with Gasteiger partial charge in [-0.1, -0.05) is 24.6 Å². The first kappa shape index (κ1) is 25.0. The van der Waals surface area contributed by atoms with E-state index in [4.69, 9.17) is 16.6 Å². The number of aryl methyl sites for hydroxylation is 1. The maximum absolute atomic E-state index is 13.3. The van der Waals surface area contributed by atoms with Crippen LogP contribution in [0.2, 0.25) is 5.15 Å². The second-order valence-electron chi connectivity index (χ2n) is 9.37. The lowest BCUT2D eigenvalue weighted by atomic mass is 9.80. The van der Waals surface area contributed by atoms with Crippen molar-refractivity contribution in [1.82, 2.24) is 19.4 Å². The predicted octanol–water partition coefficient (Wildman–Crippen LogP) is 4.00. The summed E-state index contributed by atoms with van der Waals surface area (Å²) < 4.78 is 27.1. The number of aromatic carboxylic acids is 1. The second-order valence-corrected chi connectivity index (χ2v) is 9.76. The first-order chi connectivity index (χ1) is 16.4. The molecule has 1 aliphatic heterocycles. The molecule has 35 heavy (non-hydrogen) atoms. The van der Waals surface area contributed by atoms with Gasteiger partial charge < -0.3 is 10.4 Å². The molecular weight excluding hydrogens is 480 g/mol. The van der Waals surface area contributed by atoms with Gasteiger partial charge in [-0.05, 0) is 37.6 Å². The van der Waals surface area contributed by atoms with Gasteiger partial charge in [0.25, 0.3) is 12.0 Å². The molecule has 1 unspecified atom stereocenters. The third kappa shape index (κ3) is 4.72. The van der Waals surface area contributed by atoms with Crippen LogP contribution in [0, 0.1) is 6.92 Å². The maximum Gasteiger partial charge on any atom is 0.356 e. The first-order valence-corrected chi connectivity index (χ1v) is 11.5. The third-order valence-electron chi connectivity index (χ3n) is 6.34. The van der Waals surface area contributed by atoms with Gasteiger partial charge in [0.1, 0.15) is 11.0 Å². The number of rotatable bonds is 7. The molecule has 1 atom stereocenters. The Morgan fingerprint density at radius 3 is 2.60 bits per heavy atom. The topological polar surface area (TPSA) is 100 Å². The van der Waals surface area contributed by atoms with E-state index in [1.165, 1.54) is 16.7 Å². The molecule has 0 saturated carbocycles. The fraction of sp³-hybridized carbons (Fsp3) is 0.417. The minimum absolute atomic E-state index is 0.0611. The van der Waals surface area contributed by atoms with Crippen LogP contribution in [-0.2, 0) is 12.5 Å². The molecule has 1 fully saturated rings. The van der Waals surface area contributed by atoms with E-state index in [9.17, 15) is 23.5 Å². The molecule has 0 bridgehead atoms. The summed E-state index contributed by atoms with van der Waals surface area (Å²) in [5.74, 6) is -0.700. The highest BCUT2D eigenvalue weighted by atomic mass is 35.5. The van der Waals surface area contributed by atoms with Crippen molar-refractivity contribution >= 4 is 34.2 Å². The largest absolute Gasteiger partial charge is 0.476 e. The van der Waals surface area contributed by atoms with Gasteiger partial charge >= 0.3 is 5.97 Å². The molecule has 3 heterocycles. The minimum Gasteiger partial charge on any atom is -0.476 e. The Bertz CT molecular complexity index is 1370. The SMILES string of the molecule is Cc1cc(C(C)Nc2ccc(Cl)nc2C(=O)O)c2nc(C3(C)CN(CC(F)F)C3)n(C)c(=O)c2c1. The van der Waals surface area contributed by atoms with E-state index in [1.54, 1.807) is 18.0 Å². The standard InChI is InChI=1S/C24H26ClF2N5O3/c1-12-7-14(13(2)28-16-5-6-17(25)29-20(16)22(34)35)19-15(8-12)21(33)31(4)23(30-19)24(3)10-32(11-24)9-18(26)27/h5-8,13,18,28H,9-11H2,1-4H3,(H,34,35). The van der Waals surface area contributed by atoms with E-state index in [-0.39, 0.29) is 28.6 Å². The molecule has 186 valence electrons. The van der Waals surface area contributed by atoms with Crippen LogP contribution < -0.4 is 10.9 Å². The number of carbonyl (C=O) groups is 1. The Morgan fingerprint density at radius 1 is 1.29 bits per heavy atom. The molecule has 2 aromatic heterocycles. The van der Waals surface area contributed by atoms with E-state index in [0.29, 0.717) is 35.4 Å². The Kier molecular flexibility index (Phi) is 6.54. The van der Waals surface area contributed by atoms with Crippen LogP contribution >= 0.6 is 11.6 Å². The number of pyridine rings is 1. The Labute approximate surface area is 205 Å². The van der Waals surface area contributed by atoms with Crippen LogP contribution in [0.25, 0.3) is 10.9 Å². The molecule has 0 aliphatic carbocycles. The Morgan fingerprint density at radius 2 is 1.97 bits per heavy atom. The van der Waals surface area contributed by atoms with Gasteiger partial charge in [-0.2, -0.15) is 0 Å². The number of hydrogen-bond acceptors (Lipinski definition) is 6. The van der Waals surface area contributed by atoms with Gasteiger partial charge in [0.05, 0.1) is 34.6 Å². The summed E-state index contributed by atoms with van der Waals surface area (Å²) >= 11 is 5.87. The van der Waals surface area contributed by atoms with E-state index in [0.717, 1.165) is 5.56 Å². The van der Waals surface area contributed by atoms with Crippen LogP contribution in [0.5, 0.6) is 0 Å². The number of fused-ring (bicyclic) bond motifs is 1. The zero-order chi connectivity index (χ0) is 25.7. The smallest absolute Gasteiger partial charge is 0.356 e. The monoisotopic (exact) mass is 505 g/mol. The summed E-state index contributed by atoms with van der Waals surface area (Å²) in [7, 11) is 1.65. The van der Waals surface area contributed by atoms with Gasteiger partial charge in [0.15, 0.2) is 5.69 Å². The van der Waals surface area contributed by atoms with Crippen molar-refractivity contribution in [1.29, 1.82) is 0 Å². The average Bonchev–Trinajstić information content (AvgIpc) is 2.75. The van der Waals surface area contributed by atoms with E-state index < -0.39 is 23.9 Å². The number of likely N-dealkylation sites (tertiary alicyclic amines) is 1. The van der Waals surface area contributed by atoms with Gasteiger partial charge in [0.2, 0.25) is 0 Å². The molecule has 4 rings (SSSR count). The molecule has 0 spiro atoms. The summed E-state index contributed by atoms with van der Waals surface area (Å²) in [4.78, 5) is 35.4. The number of carboxylic acid groups (broad SMARTS) is 1. The van der Waals surface area contributed by atoms with Crippen LogP contribution in [0.4, 0.5) is 14.5 Å². The number of nitrogens with one attached hydrogen (secondary N) is 1. The summed E-state index contributed by atoms with van der Waals surface area (Å²) in [5.41, 5.74) is 1.33. The molecule has 2 N–H and O–H groups in total. The average molecular weight is 506 g/mol. The first-order valence-electron chi connectivity index (χ1n) is 11.1. The summed E-state index contributed by atoms with van der Waals surface area (Å²) in [5, 5.41) is 13.2. The molecule has 0 radical (unpaired) electrons. The van der Waals surface area contributed by atoms with Crippen molar-refractivity contribution in [3.8, 4) is 0 Å². The van der Waals surface area contributed by atoms with Gasteiger partial charge in [-0.3, -0.25) is 14.3 Å². The van der Waals surface area contributed by atoms with Crippen molar-refractivity contribution in [2.45, 2.75) is 38.7 Å². The minimum atomic E-state index is -2.42. The highest BCUT2D eigenvalue weighted by molar-refractivity contribution is 6.29. The highest BCUT2D eigenvalue weighted by Crippen LogP contribution is 2.35. The number of nitrogens with zero attached hydrogens (tertiary/aromatic N) is 4. The lowest BCUT2D eigenvalue weighted by molar-refractivity contribution is 0.00892. The molecule has 1 aliphatic rings. The number of halogens is 3. The lowest BCUT2D eigenvalue weighted by Gasteiger charge is -2.47. The van der Waals surface area contributed by atoms with E-state index in [1.807, 2.05) is 26.8 Å². The molecule has 0 amide bonds. The predicted molar refractivity (Wildman–Crippen MR) is 130 cm³/mol. The zero-order valence-electron chi connectivity index (χ0n) is 19.8. The van der Waals surface area contributed by atoms with Crippen LogP contribution in [-0.4, -0.2) is 56.6 Å². The fourth-order valence-electron chi connectivity index (χ4n) is 4.85. The number of alkyl halides is 2. The molecule has 3 aromatic rings. The molecule has 1 aromatic carbocycles. The summed E-state index contributed by atoms with van der Waals surface area (Å²) in [6.45, 7) is 6.04. The molecule has 8 nitrogen and oxygen atoms in total. The maximum atomic E-state index is 13.3. The fourth-order valence-corrected chi connectivity index (χ4v) is 5.00. The second kappa shape index (κ2) is 9.16. The van der Waals surface area contributed by atoms with E-state index in [2.05, 4.69) is 10.3 Å². The number of anilines is 1. The molecule has 11 heteroatoms. The van der Waals surface area contributed by atoms with Crippen LogP contribution in [0.3, 0.4) is 0 Å². The third-order valence-corrected chi connectivity index (χ3v) is 6.55. The molecule has 1 saturated heterocycles. The Hall–Kier alpha value is -3.11. The van der Waals surface area contributed by atoms with Crippen LogP contribution in [0.15, 0.2) is 29.1 Å². The Balaban J connectivity index is 1.78. The highest BCUT2D eigenvalue weighted by Gasteiger charge is 2.44. The van der Waals surface area contributed by atoms with Crippen molar-refractivity contribution in [3.63, 3.8) is 0 Å². The van der Waals surface area contributed by atoms with Gasteiger partial charge in [-0.15, -0.1) is 0 Å². The van der Waals surface area contributed by atoms with Crippen molar-refractivity contribution in [2.75, 3.05) is 25.0 Å². The van der Waals surface area contributed by atoms with Crippen molar-refractivity contribution in [2.24, 2.45) is 7.05 Å². The quantitative estimate of drug-likeness (QED) is 0.468. The van der Waals surface area contributed by atoms with Gasteiger partial charge in [-0.25, -0.2) is 23.5 Å². The van der Waals surface area contributed by atoms with Crippen LogP contribution in [0.1, 0.15) is 47.3 Å². The summed E-state index contributed by atoms with van der Waals surface area (Å²) in [6.07, 6.45) is -2.42. The van der Waals surface area contributed by atoms with Gasteiger partial charge in [0, 0.05) is 25.7 Å². The van der Waals surface area contributed by atoms with Crippen molar-refractivity contribution in [3.05, 3.63) is 62.4 Å². The number of benzene rings is 1. The molecular formula is C24H26ClF2N5O3. The number of carboxylic acids is 1. The zero-order valence-corrected chi connectivity index (χ0v) is 20.5. The number of hydrogen-bond donors (Lipinski definition) is 2.